The second-order valence-electron chi connectivity index (χ2n) is 0.679. The van der Waals surface area contributed by atoms with E-state index >= 15 is 0 Å². The quantitative estimate of drug-likeness (QED) is 0.338. The van der Waals surface area contributed by atoms with Gasteiger partial charge in [0.2, 0.25) is 0 Å². The van der Waals surface area contributed by atoms with Gasteiger partial charge in [0.15, 0.2) is 0 Å². The first kappa shape index (κ1) is 16.7. The Morgan fingerprint density at radius 2 is 1.30 bits per heavy atom. The largest absolute Gasteiger partial charge is 0.344 e. The van der Waals surface area contributed by atoms with E-state index in [1.807, 2.05) is 0 Å². The molecule has 0 amide bonds. The molecule has 7 N–H and O–H groups in total. The van der Waals surface area contributed by atoms with Crippen molar-refractivity contribution in [1.29, 1.82) is 0 Å². The lowest BCUT2D eigenvalue weighted by Gasteiger charge is -1.73. The molecule has 0 spiro atoms. The Labute approximate surface area is 64.9 Å². The average molecular weight is 213 g/mol. The van der Waals surface area contributed by atoms with Crippen LogP contribution in [-0.4, -0.2) is 26.6 Å². The zero-order chi connectivity index (χ0) is 8.08. The zero-order valence-corrected chi connectivity index (χ0v) is 6.99. The second kappa shape index (κ2) is 7.43. The van der Waals surface area contributed by atoms with E-state index in [9.17, 15) is 0 Å². The molecule has 0 aromatic rings. The van der Waals surface area contributed by atoms with E-state index in [1.165, 1.54) is 0 Å². The minimum absolute atomic E-state index is 0. The van der Waals surface area contributed by atoms with Crippen LogP contribution in [0.4, 0.5) is 0 Å². The summed E-state index contributed by atoms with van der Waals surface area (Å²) in [5.74, 6) is 0. The molecule has 0 aliphatic heterocycles. The van der Waals surface area contributed by atoms with Crippen molar-refractivity contribution >= 4 is 31.6 Å². The van der Waals surface area contributed by atoms with E-state index in [0.29, 0.717) is 0 Å². The third kappa shape index (κ3) is 4350. The Balaban J connectivity index is -0.0000000910. The van der Waals surface area contributed by atoms with Crippen LogP contribution in [0.2, 0.25) is 0 Å². The first-order chi connectivity index (χ1) is 3.73. The van der Waals surface area contributed by atoms with Crippen LogP contribution in [0.15, 0.2) is 0 Å². The standard InChI is InChI=1S/H3N.H2O3S2.H2O3S/c;1-5(2,3)4;1-4(2)3/h1H3;(H2,1,2,3,4);(H2,1,2,3). The van der Waals surface area contributed by atoms with Crippen molar-refractivity contribution < 1.29 is 26.6 Å². The average Bonchev–Trinajstić information content (AvgIpc) is 1.19. The molecule has 66 valence electrons. The molecule has 7 nitrogen and oxygen atoms in total. The van der Waals surface area contributed by atoms with Crippen LogP contribution in [0, 0.1) is 0 Å². The summed E-state index contributed by atoms with van der Waals surface area (Å²) in [5.41, 5.74) is 0. The lowest BCUT2D eigenvalue weighted by atomic mass is 14.0. The lowest BCUT2D eigenvalue weighted by Crippen LogP contribution is -1.86. The third-order valence-corrected chi connectivity index (χ3v) is 0. The van der Waals surface area contributed by atoms with Gasteiger partial charge in [0.05, 0.1) is 0 Å². The van der Waals surface area contributed by atoms with E-state index in [4.69, 9.17) is 26.6 Å². The van der Waals surface area contributed by atoms with Gasteiger partial charge in [0.25, 0.3) is 20.4 Å². The molecule has 0 aliphatic rings. The van der Waals surface area contributed by atoms with Gasteiger partial charge in [-0.2, -0.15) is 8.42 Å². The molecular weight excluding hydrogens is 206 g/mol. The predicted octanol–water partition coefficient (Wildman–Crippen LogP) is -0.478. The van der Waals surface area contributed by atoms with Gasteiger partial charge in [0, 0.05) is 11.2 Å². The highest BCUT2D eigenvalue weighted by molar-refractivity contribution is 8.26. The van der Waals surface area contributed by atoms with E-state index in [0.717, 1.165) is 0 Å². The smallest absolute Gasteiger partial charge is 0.299 e. The molecule has 0 saturated carbocycles. The Bertz CT molecular complexity index is 155. The maximum absolute atomic E-state index is 9.11. The first-order valence-corrected chi connectivity index (χ1v) is 4.69. The fourth-order valence-corrected chi connectivity index (χ4v) is 0. The van der Waals surface area contributed by atoms with Crippen LogP contribution in [0.25, 0.3) is 0 Å². The fourth-order valence-electron chi connectivity index (χ4n) is 0. The minimum Gasteiger partial charge on any atom is -0.344 e. The first-order valence-electron chi connectivity index (χ1n) is 1.23. The Morgan fingerprint density at radius 3 is 1.30 bits per heavy atom. The summed E-state index contributed by atoms with van der Waals surface area (Å²) in [5, 5.41) is 0. The van der Waals surface area contributed by atoms with Crippen molar-refractivity contribution in [3.8, 4) is 0 Å². The van der Waals surface area contributed by atoms with Gasteiger partial charge in [-0.15, -0.1) is 0 Å². The molecule has 0 saturated heterocycles. The number of hydrogen-bond donors (Lipinski definition) is 5. The summed E-state index contributed by atoms with van der Waals surface area (Å²) in [6, 6.07) is 0. The molecule has 0 aromatic carbocycles. The molecule has 0 atom stereocenters. The van der Waals surface area contributed by atoms with E-state index in [2.05, 4.69) is 11.2 Å². The molecule has 0 radical (unpaired) electrons. The fraction of sp³-hybridized carbons (Fsp3) is 0. The second-order valence-corrected chi connectivity index (χ2v) is 3.34. The van der Waals surface area contributed by atoms with Crippen molar-refractivity contribution in [3.05, 3.63) is 0 Å². The van der Waals surface area contributed by atoms with Crippen LogP contribution in [0.5, 0.6) is 0 Å². The monoisotopic (exact) mass is 213 g/mol. The van der Waals surface area contributed by atoms with E-state index in [1.54, 1.807) is 0 Å². The van der Waals surface area contributed by atoms with Crippen molar-refractivity contribution in [1.82, 2.24) is 6.15 Å². The van der Waals surface area contributed by atoms with Crippen LogP contribution < -0.4 is 6.15 Å². The van der Waals surface area contributed by atoms with Gasteiger partial charge < -0.3 is 6.15 Å². The van der Waals surface area contributed by atoms with Gasteiger partial charge in [0.1, 0.15) is 0 Å². The third-order valence-electron chi connectivity index (χ3n) is 0. The molecule has 0 bridgehead atoms. The van der Waals surface area contributed by atoms with Gasteiger partial charge in [-0.05, 0) is 0 Å². The van der Waals surface area contributed by atoms with Gasteiger partial charge in [-0.3, -0.25) is 18.2 Å². The summed E-state index contributed by atoms with van der Waals surface area (Å²) >= 11 is 0.854. The molecule has 0 heterocycles. The number of hydrogen-bond acceptors (Lipinski definition) is 4. The maximum Gasteiger partial charge on any atom is 0.299 e. The van der Waals surface area contributed by atoms with Crippen LogP contribution >= 0.6 is 0 Å². The molecule has 0 aromatic heterocycles. The summed E-state index contributed by atoms with van der Waals surface area (Å²) in [6.45, 7) is 0. The minimum atomic E-state index is -3.83. The SMILES string of the molecule is N.O=S(O)(O)=S.O=S(O)O. The molecular formula is H7NO6S3. The molecule has 10 heavy (non-hydrogen) atoms. The van der Waals surface area contributed by atoms with Crippen molar-refractivity contribution in [2.75, 3.05) is 0 Å². The zero-order valence-electron chi connectivity index (χ0n) is 4.54. The predicted molar refractivity (Wildman–Crippen MR) is 39.2 cm³/mol. The Morgan fingerprint density at radius 1 is 1.30 bits per heavy atom. The summed E-state index contributed by atoms with van der Waals surface area (Å²) < 4.78 is 46.8. The van der Waals surface area contributed by atoms with Crippen LogP contribution in [-0.2, 0) is 31.6 Å². The van der Waals surface area contributed by atoms with E-state index < -0.39 is 20.4 Å². The Hall–Kier alpha value is 0.320. The van der Waals surface area contributed by atoms with Crippen molar-refractivity contribution in [3.63, 3.8) is 0 Å². The lowest BCUT2D eigenvalue weighted by molar-refractivity contribution is 0.449. The summed E-state index contributed by atoms with van der Waals surface area (Å²) in [6.07, 6.45) is 0. The van der Waals surface area contributed by atoms with Crippen LogP contribution in [0.3, 0.4) is 0 Å². The summed E-state index contributed by atoms with van der Waals surface area (Å²) in [7, 11) is -3.83. The molecule has 0 rings (SSSR count). The van der Waals surface area contributed by atoms with Crippen molar-refractivity contribution in [2.24, 2.45) is 0 Å². The molecule has 0 aliphatic carbocycles. The molecule has 0 fully saturated rings. The van der Waals surface area contributed by atoms with Gasteiger partial charge >= 0.3 is 0 Å². The highest BCUT2D eigenvalue weighted by atomic mass is 32.9. The van der Waals surface area contributed by atoms with Gasteiger partial charge in [-0.25, -0.2) is 0 Å². The molecule has 10 heteroatoms. The molecule has 0 unspecified atom stereocenters. The van der Waals surface area contributed by atoms with Crippen molar-refractivity contribution in [2.45, 2.75) is 0 Å². The number of rotatable bonds is 0. The van der Waals surface area contributed by atoms with Gasteiger partial charge in [-0.1, -0.05) is 0 Å². The summed E-state index contributed by atoms with van der Waals surface area (Å²) in [4.78, 5) is 0. The Kier molecular flexibility index (Phi) is 12.4. The van der Waals surface area contributed by atoms with Crippen LogP contribution in [0.1, 0.15) is 0 Å². The normalized spacial score (nSPS) is 9.30. The van der Waals surface area contributed by atoms with E-state index in [-0.39, 0.29) is 6.15 Å². The highest BCUT2D eigenvalue weighted by Gasteiger charge is 1.78. The highest BCUT2D eigenvalue weighted by Crippen LogP contribution is 1.62. The topological polar surface area (TPSA) is 150 Å². The maximum atomic E-state index is 9.11.